The molecular weight excluding hydrogens is 326 g/mol. The van der Waals surface area contributed by atoms with E-state index in [1.165, 1.54) is 6.07 Å². The van der Waals surface area contributed by atoms with Crippen LogP contribution in [-0.2, 0) is 4.79 Å². The lowest BCUT2D eigenvalue weighted by Gasteiger charge is -2.07. The van der Waals surface area contributed by atoms with Crippen LogP contribution in [0, 0.1) is 11.6 Å². The van der Waals surface area contributed by atoms with Gasteiger partial charge in [0, 0.05) is 5.56 Å². The summed E-state index contributed by atoms with van der Waals surface area (Å²) in [5, 5.41) is 4.21. The van der Waals surface area contributed by atoms with E-state index in [0.29, 0.717) is 22.0 Å². The summed E-state index contributed by atoms with van der Waals surface area (Å²) < 4.78 is 31.2. The van der Waals surface area contributed by atoms with Crippen molar-refractivity contribution in [2.75, 3.05) is 6.61 Å². The molecule has 0 aliphatic heterocycles. The molecule has 0 fully saturated rings. The van der Waals surface area contributed by atoms with Crippen LogP contribution in [0.25, 0.3) is 0 Å². The van der Waals surface area contributed by atoms with Crippen molar-refractivity contribution in [3.05, 3.63) is 64.7 Å². The zero-order valence-corrected chi connectivity index (χ0v) is 12.9. The van der Waals surface area contributed by atoms with Crippen molar-refractivity contribution in [1.82, 2.24) is 5.43 Å². The Morgan fingerprint density at radius 2 is 1.96 bits per heavy atom. The van der Waals surface area contributed by atoms with Crippen molar-refractivity contribution in [2.24, 2.45) is 5.10 Å². The highest BCUT2D eigenvalue weighted by atomic mass is 35.5. The van der Waals surface area contributed by atoms with E-state index in [2.05, 4.69) is 10.5 Å². The number of nitrogens with one attached hydrogen (secondary N) is 1. The maximum Gasteiger partial charge on any atom is 0.277 e. The first kappa shape index (κ1) is 16.9. The smallest absolute Gasteiger partial charge is 0.277 e. The summed E-state index contributed by atoms with van der Waals surface area (Å²) in [6.45, 7) is 1.28. The Bertz CT molecular complexity index is 751. The fraction of sp³-hybridized carbons (Fsp3) is 0.125. The second kappa shape index (κ2) is 7.69. The molecule has 0 aliphatic carbocycles. The first-order valence-electron chi connectivity index (χ1n) is 6.63. The number of halogens is 3. The third-order valence-electron chi connectivity index (χ3n) is 2.88. The molecule has 0 saturated heterocycles. The van der Waals surface area contributed by atoms with E-state index in [9.17, 15) is 13.6 Å². The molecule has 4 nitrogen and oxygen atoms in total. The number of hydrogen-bond acceptors (Lipinski definition) is 3. The number of carbonyl (C=O) groups excluding carboxylic acids is 1. The number of amides is 1. The van der Waals surface area contributed by atoms with E-state index in [-0.39, 0.29) is 6.61 Å². The molecule has 1 amide bonds. The molecule has 0 heterocycles. The van der Waals surface area contributed by atoms with Gasteiger partial charge in [0.2, 0.25) is 0 Å². The highest BCUT2D eigenvalue weighted by Crippen LogP contribution is 2.22. The highest BCUT2D eigenvalue weighted by molar-refractivity contribution is 6.32. The molecule has 0 aromatic heterocycles. The number of benzene rings is 2. The number of para-hydroxylation sites is 1. The second-order valence-corrected chi connectivity index (χ2v) is 4.99. The third-order valence-corrected chi connectivity index (χ3v) is 3.19. The van der Waals surface area contributed by atoms with Crippen molar-refractivity contribution in [3.8, 4) is 5.75 Å². The van der Waals surface area contributed by atoms with E-state index in [0.717, 1.165) is 12.1 Å². The summed E-state index contributed by atoms with van der Waals surface area (Å²) in [7, 11) is 0. The van der Waals surface area contributed by atoms with Gasteiger partial charge < -0.3 is 4.74 Å². The monoisotopic (exact) mass is 338 g/mol. The minimum atomic E-state index is -0.981. The first-order chi connectivity index (χ1) is 11.0. The highest BCUT2D eigenvalue weighted by Gasteiger charge is 2.07. The van der Waals surface area contributed by atoms with Gasteiger partial charge in [0.1, 0.15) is 5.75 Å². The van der Waals surface area contributed by atoms with Crippen molar-refractivity contribution >= 4 is 23.2 Å². The Morgan fingerprint density at radius 3 is 2.65 bits per heavy atom. The van der Waals surface area contributed by atoms with E-state index >= 15 is 0 Å². The van der Waals surface area contributed by atoms with Crippen LogP contribution in [0.5, 0.6) is 5.75 Å². The maximum atomic E-state index is 13.1. The standard InChI is InChI=1S/C16H13ClF2N2O2/c1-10(11-6-7-13(18)14(19)8-11)20-21-16(22)9-23-15-5-3-2-4-12(15)17/h2-8H,9H2,1H3,(H,21,22)/b20-10-. The molecule has 0 saturated carbocycles. The van der Waals surface area contributed by atoms with Crippen LogP contribution in [-0.4, -0.2) is 18.2 Å². The maximum absolute atomic E-state index is 13.1. The fourth-order valence-corrected chi connectivity index (χ4v) is 1.86. The molecule has 0 unspecified atom stereocenters. The summed E-state index contributed by atoms with van der Waals surface area (Å²) in [6, 6.07) is 10.1. The van der Waals surface area contributed by atoms with Crippen molar-refractivity contribution < 1.29 is 18.3 Å². The van der Waals surface area contributed by atoms with Gasteiger partial charge in [0.15, 0.2) is 18.2 Å². The second-order valence-electron chi connectivity index (χ2n) is 4.58. The molecule has 0 bridgehead atoms. The van der Waals surface area contributed by atoms with Gasteiger partial charge in [-0.25, -0.2) is 14.2 Å². The molecule has 7 heteroatoms. The molecule has 120 valence electrons. The molecule has 2 aromatic carbocycles. The molecule has 0 radical (unpaired) electrons. The van der Waals surface area contributed by atoms with Gasteiger partial charge in [-0.15, -0.1) is 0 Å². The SMILES string of the molecule is C/C(=N/NC(=O)COc1ccccc1Cl)c1ccc(F)c(F)c1. The summed E-state index contributed by atoms with van der Waals surface area (Å²) >= 11 is 5.89. The van der Waals surface area contributed by atoms with Gasteiger partial charge >= 0.3 is 0 Å². The summed E-state index contributed by atoms with van der Waals surface area (Å²) in [6.07, 6.45) is 0. The van der Waals surface area contributed by atoms with Crippen LogP contribution in [0.4, 0.5) is 8.78 Å². The van der Waals surface area contributed by atoms with Crippen LogP contribution in [0.3, 0.4) is 0 Å². The number of carbonyl (C=O) groups is 1. The molecule has 2 aromatic rings. The van der Waals surface area contributed by atoms with E-state index in [1.54, 1.807) is 31.2 Å². The summed E-state index contributed by atoms with van der Waals surface area (Å²) in [5.41, 5.74) is 2.96. The van der Waals surface area contributed by atoms with Gasteiger partial charge in [0.25, 0.3) is 5.91 Å². The third kappa shape index (κ3) is 4.75. The average Bonchev–Trinajstić information content (AvgIpc) is 2.54. The summed E-state index contributed by atoms with van der Waals surface area (Å²) in [4.78, 5) is 11.7. The lowest BCUT2D eigenvalue weighted by atomic mass is 10.1. The van der Waals surface area contributed by atoms with Crippen LogP contribution in [0.2, 0.25) is 5.02 Å². The van der Waals surface area contributed by atoms with Gasteiger partial charge in [-0.3, -0.25) is 4.79 Å². The van der Waals surface area contributed by atoms with Crippen molar-refractivity contribution in [3.63, 3.8) is 0 Å². The van der Waals surface area contributed by atoms with E-state index < -0.39 is 17.5 Å². The van der Waals surface area contributed by atoms with Gasteiger partial charge in [-0.05, 0) is 37.3 Å². The molecule has 0 aliphatic rings. The number of ether oxygens (including phenoxy) is 1. The summed E-state index contributed by atoms with van der Waals surface area (Å²) in [5.74, 6) is -2.05. The van der Waals surface area contributed by atoms with Crippen LogP contribution < -0.4 is 10.2 Å². The minimum Gasteiger partial charge on any atom is -0.482 e. The number of hydrogen-bond donors (Lipinski definition) is 1. The quantitative estimate of drug-likeness (QED) is 0.669. The van der Waals surface area contributed by atoms with Crippen LogP contribution in [0.1, 0.15) is 12.5 Å². The van der Waals surface area contributed by atoms with Crippen molar-refractivity contribution in [1.29, 1.82) is 0 Å². The Morgan fingerprint density at radius 1 is 1.22 bits per heavy atom. The lowest BCUT2D eigenvalue weighted by Crippen LogP contribution is -2.25. The van der Waals surface area contributed by atoms with Crippen molar-refractivity contribution in [2.45, 2.75) is 6.92 Å². The zero-order chi connectivity index (χ0) is 16.8. The van der Waals surface area contributed by atoms with Gasteiger partial charge in [0.05, 0.1) is 10.7 Å². The minimum absolute atomic E-state index is 0.279. The van der Waals surface area contributed by atoms with Crippen LogP contribution >= 0.6 is 11.6 Å². The largest absolute Gasteiger partial charge is 0.482 e. The molecule has 23 heavy (non-hydrogen) atoms. The first-order valence-corrected chi connectivity index (χ1v) is 7.01. The van der Waals surface area contributed by atoms with Gasteiger partial charge in [-0.2, -0.15) is 5.10 Å². The van der Waals surface area contributed by atoms with Gasteiger partial charge in [-0.1, -0.05) is 23.7 Å². The molecular formula is C16H13ClF2N2O2. The molecule has 0 atom stereocenters. The zero-order valence-electron chi connectivity index (χ0n) is 12.1. The molecule has 2 rings (SSSR count). The predicted octanol–water partition coefficient (Wildman–Crippen LogP) is 3.54. The predicted molar refractivity (Wildman–Crippen MR) is 83.7 cm³/mol. The number of hydrazone groups is 1. The molecule has 1 N–H and O–H groups in total. The number of rotatable bonds is 5. The lowest BCUT2D eigenvalue weighted by molar-refractivity contribution is -0.123. The van der Waals surface area contributed by atoms with E-state index in [1.807, 2.05) is 0 Å². The normalized spacial score (nSPS) is 11.2. The molecule has 0 spiro atoms. The Labute approximate surface area is 136 Å². The van der Waals surface area contributed by atoms with E-state index in [4.69, 9.17) is 16.3 Å². The topological polar surface area (TPSA) is 50.7 Å². The Hall–Kier alpha value is -2.47. The fourth-order valence-electron chi connectivity index (χ4n) is 1.67. The van der Waals surface area contributed by atoms with Crippen LogP contribution in [0.15, 0.2) is 47.6 Å². The average molecular weight is 339 g/mol. The Kier molecular flexibility index (Phi) is 5.65. The Balaban J connectivity index is 1.92. The number of nitrogens with zero attached hydrogens (tertiary/aromatic N) is 1.